The minimum absolute atomic E-state index is 0.0153. The summed E-state index contributed by atoms with van der Waals surface area (Å²) in [6.07, 6.45) is -2.23. The van der Waals surface area contributed by atoms with Crippen LogP contribution in [-0.2, 0) is 11.0 Å². The van der Waals surface area contributed by atoms with Gasteiger partial charge in [-0.3, -0.25) is 9.69 Å². The van der Waals surface area contributed by atoms with E-state index in [4.69, 9.17) is 0 Å². The van der Waals surface area contributed by atoms with Crippen molar-refractivity contribution in [1.29, 1.82) is 0 Å². The Bertz CT molecular complexity index is 654. The lowest BCUT2D eigenvalue weighted by Gasteiger charge is -2.44. The fourth-order valence-corrected chi connectivity index (χ4v) is 4.04. The Kier molecular flexibility index (Phi) is 5.99. The number of benzene rings is 1. The molecule has 2 aliphatic rings. The number of rotatable bonds is 3. The summed E-state index contributed by atoms with van der Waals surface area (Å²) in [5.41, 5.74) is 0.0299. The first kappa shape index (κ1) is 20.0. The van der Waals surface area contributed by atoms with Gasteiger partial charge in [0, 0.05) is 56.9 Å². The van der Waals surface area contributed by atoms with E-state index in [0.717, 1.165) is 45.1 Å². The number of hydrogen-bond donors (Lipinski definition) is 0. The monoisotopic (exact) mass is 383 g/mol. The highest BCUT2D eigenvalue weighted by atomic mass is 19.4. The average molecular weight is 383 g/mol. The number of piperidine rings is 1. The van der Waals surface area contributed by atoms with E-state index < -0.39 is 11.7 Å². The molecule has 7 heteroatoms. The molecule has 150 valence electrons. The summed E-state index contributed by atoms with van der Waals surface area (Å²) in [6.45, 7) is 8.49. The summed E-state index contributed by atoms with van der Waals surface area (Å²) in [5, 5.41) is 0. The van der Waals surface area contributed by atoms with Gasteiger partial charge in [0.2, 0.25) is 5.91 Å². The quantitative estimate of drug-likeness (QED) is 0.800. The smallest absolute Gasteiger partial charge is 0.369 e. The van der Waals surface area contributed by atoms with Gasteiger partial charge in [-0.05, 0) is 31.0 Å². The van der Waals surface area contributed by atoms with Crippen LogP contribution in [0.5, 0.6) is 0 Å². The van der Waals surface area contributed by atoms with Gasteiger partial charge in [-0.2, -0.15) is 13.2 Å². The molecule has 0 aliphatic carbocycles. The summed E-state index contributed by atoms with van der Waals surface area (Å²) < 4.78 is 38.8. The summed E-state index contributed by atoms with van der Waals surface area (Å²) in [7, 11) is 0. The van der Waals surface area contributed by atoms with Crippen molar-refractivity contribution in [2.75, 3.05) is 44.2 Å². The number of carbonyl (C=O) groups is 1. The van der Waals surface area contributed by atoms with Crippen molar-refractivity contribution < 1.29 is 18.0 Å². The summed E-state index contributed by atoms with van der Waals surface area (Å²) >= 11 is 0. The largest absolute Gasteiger partial charge is 0.416 e. The third kappa shape index (κ3) is 4.75. The molecule has 0 N–H and O–H groups in total. The van der Waals surface area contributed by atoms with Gasteiger partial charge < -0.3 is 9.80 Å². The first-order valence-electron chi connectivity index (χ1n) is 9.71. The predicted octanol–water partition coefficient (Wildman–Crippen LogP) is 3.47. The van der Waals surface area contributed by atoms with Crippen molar-refractivity contribution in [3.05, 3.63) is 29.8 Å². The Morgan fingerprint density at radius 1 is 1.11 bits per heavy atom. The van der Waals surface area contributed by atoms with Gasteiger partial charge in [-0.25, -0.2) is 0 Å². The molecule has 0 saturated carbocycles. The van der Waals surface area contributed by atoms with Crippen LogP contribution in [0.4, 0.5) is 18.9 Å². The van der Waals surface area contributed by atoms with E-state index in [1.165, 1.54) is 12.1 Å². The second-order valence-corrected chi connectivity index (χ2v) is 7.81. The molecule has 0 aromatic heterocycles. The Balaban J connectivity index is 1.58. The van der Waals surface area contributed by atoms with Crippen molar-refractivity contribution in [3.8, 4) is 0 Å². The lowest BCUT2D eigenvalue weighted by Crippen LogP contribution is -2.56. The summed E-state index contributed by atoms with van der Waals surface area (Å²) in [5.74, 6) is 0.226. The molecular weight excluding hydrogens is 355 g/mol. The molecule has 3 rings (SSSR count). The highest BCUT2D eigenvalue weighted by molar-refractivity contribution is 5.78. The van der Waals surface area contributed by atoms with Gasteiger partial charge in [-0.15, -0.1) is 0 Å². The van der Waals surface area contributed by atoms with Crippen molar-refractivity contribution in [1.82, 2.24) is 9.80 Å². The van der Waals surface area contributed by atoms with Gasteiger partial charge in [0.05, 0.1) is 5.56 Å². The van der Waals surface area contributed by atoms with E-state index in [0.29, 0.717) is 24.8 Å². The molecule has 2 saturated heterocycles. The lowest BCUT2D eigenvalue weighted by molar-refractivity contribution is -0.138. The van der Waals surface area contributed by atoms with Gasteiger partial charge in [0.15, 0.2) is 0 Å². The Morgan fingerprint density at radius 3 is 2.44 bits per heavy atom. The fraction of sp³-hybridized carbons (Fsp3) is 0.650. The van der Waals surface area contributed by atoms with E-state index in [-0.39, 0.29) is 11.8 Å². The van der Waals surface area contributed by atoms with E-state index in [2.05, 4.69) is 4.90 Å². The van der Waals surface area contributed by atoms with Crippen LogP contribution in [-0.4, -0.2) is 61.0 Å². The number of piperazine rings is 1. The molecule has 0 radical (unpaired) electrons. The van der Waals surface area contributed by atoms with E-state index >= 15 is 0 Å². The number of carbonyl (C=O) groups excluding carboxylic acids is 1. The second kappa shape index (κ2) is 8.09. The molecule has 0 spiro atoms. The third-order valence-electron chi connectivity index (χ3n) is 5.57. The third-order valence-corrected chi connectivity index (χ3v) is 5.57. The van der Waals surface area contributed by atoms with E-state index in [9.17, 15) is 18.0 Å². The van der Waals surface area contributed by atoms with Gasteiger partial charge in [0.1, 0.15) is 0 Å². The molecule has 2 aliphatic heterocycles. The van der Waals surface area contributed by atoms with Crippen LogP contribution in [0, 0.1) is 5.92 Å². The number of nitrogens with zero attached hydrogens (tertiary/aromatic N) is 3. The van der Waals surface area contributed by atoms with E-state index in [1.807, 2.05) is 23.6 Å². The van der Waals surface area contributed by atoms with Gasteiger partial charge in [0.25, 0.3) is 0 Å². The van der Waals surface area contributed by atoms with Gasteiger partial charge in [-0.1, -0.05) is 19.9 Å². The maximum absolute atomic E-state index is 12.9. The van der Waals surface area contributed by atoms with Crippen LogP contribution >= 0.6 is 0 Å². The van der Waals surface area contributed by atoms with E-state index in [1.54, 1.807) is 6.07 Å². The van der Waals surface area contributed by atoms with Crippen molar-refractivity contribution >= 4 is 11.6 Å². The van der Waals surface area contributed by atoms with Crippen molar-refractivity contribution in [3.63, 3.8) is 0 Å². The molecular formula is C20H28F3N3O. The maximum atomic E-state index is 12.9. The number of amides is 1. The summed E-state index contributed by atoms with van der Waals surface area (Å²) in [6, 6.07) is 5.92. The Hall–Kier alpha value is -1.76. The van der Waals surface area contributed by atoms with Crippen LogP contribution in [0.2, 0.25) is 0 Å². The second-order valence-electron chi connectivity index (χ2n) is 7.81. The van der Waals surface area contributed by atoms with Gasteiger partial charge >= 0.3 is 6.18 Å². The number of halogens is 3. The lowest BCUT2D eigenvalue weighted by atomic mass is 10.0. The number of alkyl halides is 3. The van der Waals surface area contributed by atoms with Crippen LogP contribution in [0.25, 0.3) is 0 Å². The average Bonchev–Trinajstić information content (AvgIpc) is 2.67. The number of hydrogen-bond acceptors (Lipinski definition) is 3. The van der Waals surface area contributed by atoms with Crippen LogP contribution in [0.15, 0.2) is 24.3 Å². The molecule has 1 atom stereocenters. The highest BCUT2D eigenvalue weighted by Gasteiger charge is 2.33. The number of anilines is 1. The van der Waals surface area contributed by atoms with Crippen LogP contribution in [0.1, 0.15) is 32.3 Å². The Labute approximate surface area is 158 Å². The molecule has 2 fully saturated rings. The topological polar surface area (TPSA) is 26.8 Å². The first-order valence-corrected chi connectivity index (χ1v) is 9.71. The predicted molar refractivity (Wildman–Crippen MR) is 99.7 cm³/mol. The standard InChI is InChI=1S/C20H28F3N3O/c1-15(2)19(27)26-8-4-7-18(14-26)25-11-9-24(10-12-25)17-6-3-5-16(13-17)20(21,22)23/h3,5-6,13,15,18H,4,7-12,14H2,1-2H3/t18-/m0/s1. The fourth-order valence-electron chi connectivity index (χ4n) is 4.04. The highest BCUT2D eigenvalue weighted by Crippen LogP contribution is 2.32. The molecule has 4 nitrogen and oxygen atoms in total. The minimum Gasteiger partial charge on any atom is -0.369 e. The van der Waals surface area contributed by atoms with Crippen molar-refractivity contribution in [2.24, 2.45) is 5.92 Å². The molecule has 1 amide bonds. The Morgan fingerprint density at radius 2 is 1.81 bits per heavy atom. The molecule has 1 aromatic carbocycles. The summed E-state index contributed by atoms with van der Waals surface area (Å²) in [4.78, 5) is 18.7. The SMILES string of the molecule is CC(C)C(=O)N1CCC[C@H](N2CCN(c3cccc(C(F)(F)F)c3)CC2)C1. The maximum Gasteiger partial charge on any atom is 0.416 e. The number of likely N-dealkylation sites (tertiary alicyclic amines) is 1. The van der Waals surface area contributed by atoms with Crippen LogP contribution < -0.4 is 4.90 Å². The molecule has 1 aromatic rings. The molecule has 27 heavy (non-hydrogen) atoms. The van der Waals surface area contributed by atoms with Crippen molar-refractivity contribution in [2.45, 2.75) is 38.9 Å². The normalized spacial score (nSPS) is 22.4. The molecule has 2 heterocycles. The molecule has 0 unspecified atom stereocenters. The zero-order valence-electron chi connectivity index (χ0n) is 16.0. The minimum atomic E-state index is -4.31. The zero-order valence-corrected chi connectivity index (χ0v) is 16.0. The zero-order chi connectivity index (χ0) is 19.6. The van der Waals surface area contributed by atoms with Crippen LogP contribution in [0.3, 0.4) is 0 Å². The molecule has 0 bridgehead atoms. The first-order chi connectivity index (χ1) is 12.8.